The lowest BCUT2D eigenvalue weighted by molar-refractivity contribution is -0.112. The first-order valence-electron chi connectivity index (χ1n) is 5.49. The van der Waals surface area contributed by atoms with Crippen molar-refractivity contribution >= 4 is 0 Å². The molecular weight excluding hydrogens is 160 g/mol. The molecule has 0 saturated heterocycles. The lowest BCUT2D eigenvalue weighted by Gasteiger charge is -2.52. The monoisotopic (exact) mass is 180 g/mol. The van der Waals surface area contributed by atoms with E-state index in [1.165, 1.54) is 19.3 Å². The van der Waals surface area contributed by atoms with Crippen LogP contribution in [0.25, 0.3) is 0 Å². The van der Waals surface area contributed by atoms with Crippen LogP contribution in [0.4, 0.5) is 0 Å². The summed E-state index contributed by atoms with van der Waals surface area (Å²) < 4.78 is 0. The van der Waals surface area contributed by atoms with Gasteiger partial charge in [-0.2, -0.15) is 0 Å². The number of hydrogen-bond donors (Lipinski definition) is 1. The van der Waals surface area contributed by atoms with Crippen LogP contribution in [0.2, 0.25) is 0 Å². The largest absolute Gasteiger partial charge is 0.385 e. The Morgan fingerprint density at radius 2 is 2.15 bits per heavy atom. The quantitative estimate of drug-likeness (QED) is 0.568. The van der Waals surface area contributed by atoms with Crippen molar-refractivity contribution in [1.29, 1.82) is 0 Å². The standard InChI is InChI=1S/C12H20O/c1-10-6-5-8-11(2)7-3-4-9-12(10,11)13/h4,9-10,13H,3,5-8H2,1-2H3. The van der Waals surface area contributed by atoms with Gasteiger partial charge in [0, 0.05) is 5.41 Å². The van der Waals surface area contributed by atoms with E-state index < -0.39 is 5.60 Å². The molecule has 3 unspecified atom stereocenters. The van der Waals surface area contributed by atoms with E-state index in [9.17, 15) is 5.11 Å². The summed E-state index contributed by atoms with van der Waals surface area (Å²) in [5.41, 5.74) is -0.358. The first-order chi connectivity index (χ1) is 6.08. The van der Waals surface area contributed by atoms with Gasteiger partial charge >= 0.3 is 0 Å². The maximum atomic E-state index is 10.6. The molecule has 0 heterocycles. The lowest BCUT2D eigenvalue weighted by atomic mass is 9.56. The van der Waals surface area contributed by atoms with Gasteiger partial charge in [-0.3, -0.25) is 0 Å². The van der Waals surface area contributed by atoms with Crippen molar-refractivity contribution in [3.05, 3.63) is 12.2 Å². The molecular formula is C12H20O. The molecule has 0 amide bonds. The second kappa shape index (κ2) is 2.84. The molecule has 1 N–H and O–H groups in total. The van der Waals surface area contributed by atoms with Gasteiger partial charge in [0.05, 0.1) is 5.60 Å². The highest BCUT2D eigenvalue weighted by Gasteiger charge is 2.51. The summed E-state index contributed by atoms with van der Waals surface area (Å²) in [5.74, 6) is 0.433. The SMILES string of the molecule is CC1CCCC2(C)CCC=CC12O. The van der Waals surface area contributed by atoms with Crippen molar-refractivity contribution in [2.75, 3.05) is 0 Å². The normalized spacial score (nSPS) is 50.2. The first kappa shape index (κ1) is 9.26. The van der Waals surface area contributed by atoms with E-state index in [4.69, 9.17) is 0 Å². The summed E-state index contributed by atoms with van der Waals surface area (Å²) in [4.78, 5) is 0. The van der Waals surface area contributed by atoms with Gasteiger partial charge in [0.25, 0.3) is 0 Å². The number of fused-ring (bicyclic) bond motifs is 1. The predicted molar refractivity (Wildman–Crippen MR) is 54.4 cm³/mol. The van der Waals surface area contributed by atoms with Crippen molar-refractivity contribution in [3.8, 4) is 0 Å². The Bertz CT molecular complexity index is 233. The van der Waals surface area contributed by atoms with Crippen molar-refractivity contribution in [2.24, 2.45) is 11.3 Å². The summed E-state index contributed by atoms with van der Waals surface area (Å²) in [6.45, 7) is 4.44. The predicted octanol–water partition coefficient (Wildman–Crippen LogP) is 2.89. The van der Waals surface area contributed by atoms with Crippen molar-refractivity contribution in [1.82, 2.24) is 0 Å². The van der Waals surface area contributed by atoms with Gasteiger partial charge in [0.1, 0.15) is 0 Å². The highest BCUT2D eigenvalue weighted by Crippen LogP contribution is 2.52. The third-order valence-corrected chi connectivity index (χ3v) is 4.32. The van der Waals surface area contributed by atoms with Crippen molar-refractivity contribution in [3.63, 3.8) is 0 Å². The van der Waals surface area contributed by atoms with Crippen LogP contribution in [0, 0.1) is 11.3 Å². The van der Waals surface area contributed by atoms with Gasteiger partial charge < -0.3 is 5.11 Å². The van der Waals surface area contributed by atoms with Crippen LogP contribution in [-0.2, 0) is 0 Å². The molecule has 0 radical (unpaired) electrons. The summed E-state index contributed by atoms with van der Waals surface area (Å²) in [7, 11) is 0. The number of hydrogen-bond acceptors (Lipinski definition) is 1. The molecule has 0 aliphatic heterocycles. The molecule has 0 bridgehead atoms. The number of aliphatic hydroxyl groups is 1. The third-order valence-electron chi connectivity index (χ3n) is 4.32. The summed E-state index contributed by atoms with van der Waals surface area (Å²) >= 11 is 0. The highest BCUT2D eigenvalue weighted by molar-refractivity contribution is 5.17. The van der Waals surface area contributed by atoms with Gasteiger partial charge in [-0.1, -0.05) is 32.4 Å². The van der Waals surface area contributed by atoms with Crippen LogP contribution in [0.1, 0.15) is 46.0 Å². The first-order valence-corrected chi connectivity index (χ1v) is 5.49. The van der Waals surface area contributed by atoms with Crippen LogP contribution in [0.15, 0.2) is 12.2 Å². The van der Waals surface area contributed by atoms with Crippen LogP contribution in [0.5, 0.6) is 0 Å². The molecule has 74 valence electrons. The highest BCUT2D eigenvalue weighted by atomic mass is 16.3. The van der Waals surface area contributed by atoms with E-state index in [1.54, 1.807) is 0 Å². The van der Waals surface area contributed by atoms with Gasteiger partial charge in [0.2, 0.25) is 0 Å². The molecule has 3 atom stereocenters. The lowest BCUT2D eigenvalue weighted by Crippen LogP contribution is -2.53. The van der Waals surface area contributed by atoms with Crippen molar-refractivity contribution < 1.29 is 5.11 Å². The summed E-state index contributed by atoms with van der Waals surface area (Å²) in [6.07, 6.45) is 10.2. The fraction of sp³-hybridized carbons (Fsp3) is 0.833. The summed E-state index contributed by atoms with van der Waals surface area (Å²) in [5, 5.41) is 10.6. The molecule has 2 rings (SSSR count). The molecule has 0 aromatic carbocycles. The maximum Gasteiger partial charge on any atom is 0.0906 e. The van der Waals surface area contributed by atoms with E-state index in [0.29, 0.717) is 5.92 Å². The number of rotatable bonds is 0. The van der Waals surface area contributed by atoms with E-state index in [2.05, 4.69) is 26.0 Å². The Labute approximate surface area is 80.8 Å². The average Bonchev–Trinajstić information content (AvgIpc) is 2.09. The molecule has 0 aromatic rings. The average molecular weight is 180 g/mol. The summed E-state index contributed by atoms with van der Waals surface area (Å²) in [6, 6.07) is 0. The van der Waals surface area contributed by atoms with Crippen LogP contribution in [0.3, 0.4) is 0 Å². The Balaban J connectivity index is 2.37. The number of allylic oxidation sites excluding steroid dienone is 1. The van der Waals surface area contributed by atoms with Gasteiger partial charge in [-0.15, -0.1) is 0 Å². The fourth-order valence-electron chi connectivity index (χ4n) is 3.17. The zero-order valence-corrected chi connectivity index (χ0v) is 8.71. The van der Waals surface area contributed by atoms with E-state index in [-0.39, 0.29) is 5.41 Å². The molecule has 0 spiro atoms. The maximum absolute atomic E-state index is 10.6. The molecule has 1 fully saturated rings. The Kier molecular flexibility index (Phi) is 2.03. The minimum atomic E-state index is -0.510. The zero-order chi connectivity index (χ0) is 9.53. The van der Waals surface area contributed by atoms with Crippen LogP contribution < -0.4 is 0 Å². The van der Waals surface area contributed by atoms with Crippen LogP contribution in [-0.4, -0.2) is 10.7 Å². The van der Waals surface area contributed by atoms with E-state index in [0.717, 1.165) is 12.8 Å². The Morgan fingerprint density at radius 1 is 1.38 bits per heavy atom. The molecule has 1 heteroatoms. The second-order valence-electron chi connectivity index (χ2n) is 5.12. The molecule has 1 saturated carbocycles. The zero-order valence-electron chi connectivity index (χ0n) is 8.71. The Hall–Kier alpha value is -0.300. The fourth-order valence-corrected chi connectivity index (χ4v) is 3.17. The van der Waals surface area contributed by atoms with Gasteiger partial charge in [-0.05, 0) is 31.6 Å². The third kappa shape index (κ3) is 1.17. The van der Waals surface area contributed by atoms with Gasteiger partial charge in [0.15, 0.2) is 0 Å². The van der Waals surface area contributed by atoms with E-state index >= 15 is 0 Å². The molecule has 2 aliphatic carbocycles. The molecule has 1 nitrogen and oxygen atoms in total. The van der Waals surface area contributed by atoms with E-state index in [1.807, 2.05) is 0 Å². The topological polar surface area (TPSA) is 20.2 Å². The minimum Gasteiger partial charge on any atom is -0.385 e. The van der Waals surface area contributed by atoms with Crippen molar-refractivity contribution in [2.45, 2.75) is 51.6 Å². The smallest absolute Gasteiger partial charge is 0.0906 e. The molecule has 13 heavy (non-hydrogen) atoms. The second-order valence-corrected chi connectivity index (χ2v) is 5.12. The Morgan fingerprint density at radius 3 is 2.85 bits per heavy atom. The van der Waals surface area contributed by atoms with Gasteiger partial charge in [-0.25, -0.2) is 0 Å². The minimum absolute atomic E-state index is 0.152. The van der Waals surface area contributed by atoms with Crippen LogP contribution >= 0.6 is 0 Å². The molecule has 0 aromatic heterocycles. The molecule has 2 aliphatic rings.